The van der Waals surface area contributed by atoms with Crippen molar-refractivity contribution in [2.24, 2.45) is 0 Å². The van der Waals surface area contributed by atoms with E-state index < -0.39 is 0 Å². The molecule has 0 N–H and O–H groups in total. The van der Waals surface area contributed by atoms with Gasteiger partial charge >= 0.3 is 0 Å². The molecule has 55 heavy (non-hydrogen) atoms. The maximum atomic E-state index is 2.44. The molecule has 0 unspecified atom stereocenters. The topological polar surface area (TPSA) is 8.17 Å². The first-order valence-electron chi connectivity index (χ1n) is 18.8. The molecule has 0 saturated carbocycles. The minimum Gasteiger partial charge on any atom is -0.310 e. The number of nitrogens with zero attached hydrogens (tertiary/aromatic N) is 2. The first kappa shape index (κ1) is 31.6. The van der Waals surface area contributed by atoms with Gasteiger partial charge in [-0.25, -0.2) is 0 Å². The van der Waals surface area contributed by atoms with Gasteiger partial charge in [-0.15, -0.1) is 11.3 Å². The van der Waals surface area contributed by atoms with E-state index in [1.807, 2.05) is 11.3 Å². The fourth-order valence-corrected chi connectivity index (χ4v) is 9.48. The zero-order valence-electron chi connectivity index (χ0n) is 29.9. The van der Waals surface area contributed by atoms with Gasteiger partial charge in [0.1, 0.15) is 0 Å². The first-order chi connectivity index (χ1) is 27.3. The van der Waals surface area contributed by atoms with Crippen molar-refractivity contribution in [3.63, 3.8) is 0 Å². The Labute approximate surface area is 323 Å². The standard InChI is InChI=1S/C52H34N2S/c1-3-11-35(12-4-1)36-19-25-41(26-20-36)53(43-29-32-47-46-17-9-10-18-50(46)55-51(47)34-43)42-27-21-37(22-28-42)39-24-30-45-48-31-23-38-13-7-8-16-44(38)52(48)54(49(45)33-39)40-14-5-2-6-15-40/h1-34H. The molecule has 0 atom stereocenters. The third kappa shape index (κ3) is 5.32. The van der Waals surface area contributed by atoms with Crippen LogP contribution in [0.15, 0.2) is 206 Å². The Hall–Kier alpha value is -6.94. The fraction of sp³-hybridized carbons (Fsp3) is 0. The van der Waals surface area contributed by atoms with Crippen LogP contribution in [-0.4, -0.2) is 4.57 Å². The lowest BCUT2D eigenvalue weighted by atomic mass is 10.0. The van der Waals surface area contributed by atoms with Crippen molar-refractivity contribution in [1.82, 2.24) is 4.57 Å². The van der Waals surface area contributed by atoms with Crippen molar-refractivity contribution < 1.29 is 0 Å². The van der Waals surface area contributed by atoms with Crippen molar-refractivity contribution in [1.29, 1.82) is 0 Å². The number of rotatable bonds is 6. The van der Waals surface area contributed by atoms with Gasteiger partial charge in [-0.1, -0.05) is 146 Å². The molecule has 2 nitrogen and oxygen atoms in total. The lowest BCUT2D eigenvalue weighted by Crippen LogP contribution is -2.09. The molecule has 0 bridgehead atoms. The summed E-state index contributed by atoms with van der Waals surface area (Å²) in [5.74, 6) is 0. The molecule has 0 fully saturated rings. The number of fused-ring (bicyclic) bond motifs is 8. The van der Waals surface area contributed by atoms with Crippen molar-refractivity contribution in [3.05, 3.63) is 206 Å². The van der Waals surface area contributed by atoms with E-state index >= 15 is 0 Å². The van der Waals surface area contributed by atoms with Crippen LogP contribution in [-0.2, 0) is 0 Å². The number of thiophene rings is 1. The van der Waals surface area contributed by atoms with Crippen LogP contribution in [0.3, 0.4) is 0 Å². The number of aromatic nitrogens is 1. The average Bonchev–Trinajstić information content (AvgIpc) is 3.80. The maximum absolute atomic E-state index is 2.44. The summed E-state index contributed by atoms with van der Waals surface area (Å²) in [6.45, 7) is 0. The number of anilines is 3. The molecular weight excluding hydrogens is 685 g/mol. The SMILES string of the molecule is c1ccc(-c2ccc(N(c3ccc(-c4ccc5c6ccc7ccccc7c6n(-c6ccccc6)c5c4)cc3)c3ccc4c(c3)sc3ccccc34)cc2)cc1. The Kier molecular flexibility index (Phi) is 7.39. The number of hydrogen-bond donors (Lipinski definition) is 0. The molecule has 0 saturated heterocycles. The fourth-order valence-electron chi connectivity index (χ4n) is 8.34. The predicted octanol–water partition coefficient (Wildman–Crippen LogP) is 15.1. The lowest BCUT2D eigenvalue weighted by molar-refractivity contribution is 1.19. The zero-order chi connectivity index (χ0) is 36.3. The molecule has 0 aliphatic carbocycles. The van der Waals surface area contributed by atoms with E-state index in [4.69, 9.17) is 0 Å². The van der Waals surface area contributed by atoms with Crippen molar-refractivity contribution in [2.45, 2.75) is 0 Å². The second kappa shape index (κ2) is 12.9. The van der Waals surface area contributed by atoms with Crippen LogP contribution in [0, 0.1) is 0 Å². The smallest absolute Gasteiger partial charge is 0.0619 e. The number of hydrogen-bond acceptors (Lipinski definition) is 2. The summed E-state index contributed by atoms with van der Waals surface area (Å²) in [6.07, 6.45) is 0. The largest absolute Gasteiger partial charge is 0.310 e. The number of para-hydroxylation sites is 1. The molecule has 9 aromatic carbocycles. The van der Waals surface area contributed by atoms with Crippen LogP contribution in [0.4, 0.5) is 17.1 Å². The Balaban J connectivity index is 1.04. The second-order valence-electron chi connectivity index (χ2n) is 14.2. The molecule has 11 aromatic rings. The summed E-state index contributed by atoms with van der Waals surface area (Å²) in [5.41, 5.74) is 11.8. The van der Waals surface area contributed by atoms with Gasteiger partial charge < -0.3 is 9.47 Å². The minimum absolute atomic E-state index is 1.11. The maximum Gasteiger partial charge on any atom is 0.0619 e. The molecule has 0 aliphatic heterocycles. The Morgan fingerprint density at radius 1 is 0.345 bits per heavy atom. The molecule has 2 aromatic heterocycles. The van der Waals surface area contributed by atoms with E-state index in [1.165, 1.54) is 75.0 Å². The van der Waals surface area contributed by atoms with Gasteiger partial charge in [0.2, 0.25) is 0 Å². The van der Waals surface area contributed by atoms with Crippen LogP contribution in [0.2, 0.25) is 0 Å². The van der Waals surface area contributed by atoms with Crippen LogP contribution in [0.5, 0.6) is 0 Å². The highest BCUT2D eigenvalue weighted by Crippen LogP contribution is 2.42. The van der Waals surface area contributed by atoms with Crippen molar-refractivity contribution in [2.75, 3.05) is 4.90 Å². The third-order valence-electron chi connectivity index (χ3n) is 11.0. The number of benzene rings is 9. The van der Waals surface area contributed by atoms with Gasteiger partial charge in [-0.2, -0.15) is 0 Å². The Morgan fingerprint density at radius 2 is 0.891 bits per heavy atom. The summed E-state index contributed by atoms with van der Waals surface area (Å²) in [5, 5.41) is 7.65. The van der Waals surface area contributed by atoms with Gasteiger partial charge in [0.25, 0.3) is 0 Å². The summed E-state index contributed by atoms with van der Waals surface area (Å²) in [7, 11) is 0. The molecular formula is C52H34N2S. The second-order valence-corrected chi connectivity index (χ2v) is 15.2. The lowest BCUT2D eigenvalue weighted by Gasteiger charge is -2.26. The zero-order valence-corrected chi connectivity index (χ0v) is 30.7. The normalized spacial score (nSPS) is 11.6. The van der Waals surface area contributed by atoms with Gasteiger partial charge in [0.15, 0.2) is 0 Å². The Bertz CT molecular complexity index is 3180. The van der Waals surface area contributed by atoms with Crippen LogP contribution in [0.1, 0.15) is 0 Å². The summed E-state index contributed by atoms with van der Waals surface area (Å²) in [4.78, 5) is 2.38. The van der Waals surface area contributed by atoms with Crippen molar-refractivity contribution >= 4 is 81.1 Å². The van der Waals surface area contributed by atoms with E-state index in [2.05, 4.69) is 216 Å². The summed E-state index contributed by atoms with van der Waals surface area (Å²) < 4.78 is 5.04. The van der Waals surface area contributed by atoms with Crippen LogP contribution in [0.25, 0.3) is 80.7 Å². The molecule has 0 amide bonds. The average molecular weight is 719 g/mol. The quantitative estimate of drug-likeness (QED) is 0.166. The van der Waals surface area contributed by atoms with E-state index in [9.17, 15) is 0 Å². The molecule has 3 heteroatoms. The minimum atomic E-state index is 1.11. The highest BCUT2D eigenvalue weighted by atomic mass is 32.1. The van der Waals surface area contributed by atoms with Crippen LogP contribution >= 0.6 is 11.3 Å². The highest BCUT2D eigenvalue weighted by molar-refractivity contribution is 7.25. The van der Waals surface area contributed by atoms with E-state index in [0.717, 1.165) is 22.7 Å². The highest BCUT2D eigenvalue weighted by Gasteiger charge is 2.18. The van der Waals surface area contributed by atoms with Gasteiger partial charge in [0, 0.05) is 59.1 Å². The van der Waals surface area contributed by atoms with Gasteiger partial charge in [-0.3, -0.25) is 0 Å². The van der Waals surface area contributed by atoms with Gasteiger partial charge in [-0.05, 0) is 88.3 Å². The predicted molar refractivity (Wildman–Crippen MR) is 237 cm³/mol. The van der Waals surface area contributed by atoms with Gasteiger partial charge in [0.05, 0.1) is 11.0 Å². The summed E-state index contributed by atoms with van der Waals surface area (Å²) >= 11 is 1.86. The van der Waals surface area contributed by atoms with E-state index in [1.54, 1.807) is 0 Å². The van der Waals surface area contributed by atoms with E-state index in [0.29, 0.717) is 0 Å². The first-order valence-corrected chi connectivity index (χ1v) is 19.6. The van der Waals surface area contributed by atoms with Crippen molar-refractivity contribution in [3.8, 4) is 27.9 Å². The summed E-state index contributed by atoms with van der Waals surface area (Å²) in [6, 6.07) is 75.1. The van der Waals surface area contributed by atoms with E-state index in [-0.39, 0.29) is 0 Å². The molecule has 0 aliphatic rings. The molecule has 258 valence electrons. The molecule has 2 heterocycles. The molecule has 0 radical (unpaired) electrons. The Morgan fingerprint density at radius 3 is 1.65 bits per heavy atom. The molecule has 0 spiro atoms. The third-order valence-corrected chi connectivity index (χ3v) is 12.1. The van der Waals surface area contributed by atoms with Crippen LogP contribution < -0.4 is 4.90 Å². The monoisotopic (exact) mass is 718 g/mol. The molecule has 11 rings (SSSR count).